The van der Waals surface area contributed by atoms with Crippen molar-refractivity contribution < 1.29 is 14.3 Å². The van der Waals surface area contributed by atoms with Gasteiger partial charge >= 0.3 is 5.97 Å². The van der Waals surface area contributed by atoms with E-state index in [0.29, 0.717) is 36.3 Å². The van der Waals surface area contributed by atoms with Gasteiger partial charge in [-0.25, -0.2) is 0 Å². The summed E-state index contributed by atoms with van der Waals surface area (Å²) in [5.41, 5.74) is 0.621. The van der Waals surface area contributed by atoms with Gasteiger partial charge in [0.1, 0.15) is 0 Å². The first-order chi connectivity index (χ1) is 8.13. The molecule has 3 nitrogen and oxygen atoms in total. The molecule has 0 atom stereocenters. The van der Waals surface area contributed by atoms with E-state index >= 15 is 0 Å². The minimum Gasteiger partial charge on any atom is -0.469 e. The minimum absolute atomic E-state index is 0.0531. The predicted molar refractivity (Wildman–Crippen MR) is 66.3 cm³/mol. The van der Waals surface area contributed by atoms with Gasteiger partial charge in [0.05, 0.1) is 7.11 Å². The summed E-state index contributed by atoms with van der Waals surface area (Å²) < 4.78 is 4.52. The third kappa shape index (κ3) is 5.00. The van der Waals surface area contributed by atoms with Crippen LogP contribution in [0.15, 0.2) is 24.3 Å². The standard InChI is InChI=1S/C13H15ClO3/c1-17-13(16)8-3-2-7-12(15)10-5-4-6-11(14)9-10/h4-6,9H,2-3,7-8H2,1H3. The van der Waals surface area contributed by atoms with E-state index in [0.717, 1.165) is 0 Å². The quantitative estimate of drug-likeness (QED) is 0.445. The molecule has 4 heteroatoms. The number of ether oxygens (including phenoxy) is 1. The SMILES string of the molecule is COC(=O)CCCCC(=O)c1cccc(Cl)c1. The lowest BCUT2D eigenvalue weighted by Gasteiger charge is -2.01. The van der Waals surface area contributed by atoms with Crippen molar-refractivity contribution in [1.82, 2.24) is 0 Å². The van der Waals surface area contributed by atoms with Gasteiger partial charge in [-0.15, -0.1) is 0 Å². The van der Waals surface area contributed by atoms with Crippen molar-refractivity contribution in [2.24, 2.45) is 0 Å². The molecule has 0 aliphatic rings. The van der Waals surface area contributed by atoms with Crippen molar-refractivity contribution in [2.45, 2.75) is 25.7 Å². The van der Waals surface area contributed by atoms with Crippen molar-refractivity contribution in [3.63, 3.8) is 0 Å². The molecule has 0 heterocycles. The number of carbonyl (C=O) groups is 2. The number of hydrogen-bond donors (Lipinski definition) is 0. The third-order valence-corrected chi connectivity index (χ3v) is 2.64. The number of halogens is 1. The zero-order chi connectivity index (χ0) is 12.7. The average molecular weight is 255 g/mol. The van der Waals surface area contributed by atoms with Crippen LogP contribution in [0.25, 0.3) is 0 Å². The number of methoxy groups -OCH3 is 1. The lowest BCUT2D eigenvalue weighted by molar-refractivity contribution is -0.140. The highest BCUT2D eigenvalue weighted by atomic mass is 35.5. The fourth-order valence-corrected chi connectivity index (χ4v) is 1.65. The highest BCUT2D eigenvalue weighted by Gasteiger charge is 2.07. The van der Waals surface area contributed by atoms with Crippen LogP contribution in [0.1, 0.15) is 36.0 Å². The Kier molecular flexibility index (Phi) is 5.70. The Morgan fingerprint density at radius 2 is 1.94 bits per heavy atom. The molecule has 0 saturated heterocycles. The average Bonchev–Trinajstić information content (AvgIpc) is 2.34. The number of carbonyl (C=O) groups excluding carboxylic acids is 2. The summed E-state index contributed by atoms with van der Waals surface area (Å²) in [6, 6.07) is 6.89. The summed E-state index contributed by atoms with van der Waals surface area (Å²) in [5.74, 6) is -0.183. The van der Waals surface area contributed by atoms with Crippen LogP contribution in [-0.4, -0.2) is 18.9 Å². The molecule has 1 rings (SSSR count). The van der Waals surface area contributed by atoms with E-state index in [1.165, 1.54) is 7.11 Å². The Morgan fingerprint density at radius 1 is 1.24 bits per heavy atom. The fraction of sp³-hybridized carbons (Fsp3) is 0.385. The molecule has 0 aliphatic carbocycles. The normalized spacial score (nSPS) is 10.0. The van der Waals surface area contributed by atoms with Gasteiger partial charge in [-0.3, -0.25) is 9.59 Å². The van der Waals surface area contributed by atoms with Gasteiger partial charge in [-0.2, -0.15) is 0 Å². The molecule has 1 aromatic carbocycles. The Balaban J connectivity index is 2.33. The topological polar surface area (TPSA) is 43.4 Å². The lowest BCUT2D eigenvalue weighted by Crippen LogP contribution is -2.02. The molecule has 0 fully saturated rings. The van der Waals surface area contributed by atoms with Crippen molar-refractivity contribution >= 4 is 23.4 Å². The first-order valence-electron chi connectivity index (χ1n) is 5.49. The maximum Gasteiger partial charge on any atom is 0.305 e. The molecule has 0 N–H and O–H groups in total. The van der Waals surface area contributed by atoms with Crippen molar-refractivity contribution in [1.29, 1.82) is 0 Å². The molecule has 17 heavy (non-hydrogen) atoms. The lowest BCUT2D eigenvalue weighted by atomic mass is 10.0. The molecule has 0 unspecified atom stereocenters. The van der Waals surface area contributed by atoms with Crippen LogP contribution in [0.4, 0.5) is 0 Å². The number of ketones is 1. The second-order valence-corrected chi connectivity index (χ2v) is 4.15. The molecule has 0 spiro atoms. The van der Waals surface area contributed by atoms with Crippen LogP contribution in [0.2, 0.25) is 5.02 Å². The van der Waals surface area contributed by atoms with Crippen molar-refractivity contribution in [3.8, 4) is 0 Å². The summed E-state index contributed by atoms with van der Waals surface area (Å²) in [7, 11) is 1.36. The van der Waals surface area contributed by atoms with Crippen LogP contribution < -0.4 is 0 Å². The number of Topliss-reactive ketones (excluding diaryl/α,β-unsaturated/α-hetero) is 1. The van der Waals surface area contributed by atoms with Gasteiger partial charge < -0.3 is 4.74 Å². The molecular formula is C13H15ClO3. The first-order valence-corrected chi connectivity index (χ1v) is 5.87. The van der Waals surface area contributed by atoms with Crippen LogP contribution >= 0.6 is 11.6 Å². The van der Waals surface area contributed by atoms with E-state index < -0.39 is 0 Å². The van der Waals surface area contributed by atoms with Crippen LogP contribution in [0.3, 0.4) is 0 Å². The molecular weight excluding hydrogens is 240 g/mol. The molecule has 0 radical (unpaired) electrons. The Morgan fingerprint density at radius 3 is 2.59 bits per heavy atom. The predicted octanol–water partition coefficient (Wildman–Crippen LogP) is 3.26. The van der Waals surface area contributed by atoms with Crippen molar-refractivity contribution in [2.75, 3.05) is 7.11 Å². The monoisotopic (exact) mass is 254 g/mol. The maximum atomic E-state index is 11.7. The third-order valence-electron chi connectivity index (χ3n) is 2.41. The summed E-state index contributed by atoms with van der Waals surface area (Å²) in [5, 5.41) is 0.561. The Labute approximate surface area is 106 Å². The van der Waals surface area contributed by atoms with Gasteiger partial charge in [0.15, 0.2) is 5.78 Å². The molecule has 92 valence electrons. The van der Waals surface area contributed by atoms with Gasteiger partial charge in [0.25, 0.3) is 0 Å². The summed E-state index contributed by atoms with van der Waals surface area (Å²) in [6.07, 6.45) is 2.14. The maximum absolute atomic E-state index is 11.7. The highest BCUT2D eigenvalue weighted by Crippen LogP contribution is 2.14. The van der Waals surface area contributed by atoms with Gasteiger partial charge in [0, 0.05) is 23.4 Å². The van der Waals surface area contributed by atoms with Gasteiger partial charge in [0.2, 0.25) is 0 Å². The molecule has 0 aliphatic heterocycles. The Hall–Kier alpha value is -1.35. The van der Waals surface area contributed by atoms with E-state index in [-0.39, 0.29) is 11.8 Å². The second-order valence-electron chi connectivity index (χ2n) is 3.72. The second kappa shape index (κ2) is 7.07. The van der Waals surface area contributed by atoms with Crippen molar-refractivity contribution in [3.05, 3.63) is 34.9 Å². The largest absolute Gasteiger partial charge is 0.469 e. The van der Waals surface area contributed by atoms with Crippen LogP contribution in [0, 0.1) is 0 Å². The summed E-state index contributed by atoms with van der Waals surface area (Å²) >= 11 is 5.80. The molecule has 1 aromatic rings. The summed E-state index contributed by atoms with van der Waals surface area (Å²) in [6.45, 7) is 0. The molecule has 0 amide bonds. The first kappa shape index (κ1) is 13.7. The molecule has 0 saturated carbocycles. The minimum atomic E-state index is -0.236. The van der Waals surface area contributed by atoms with E-state index in [2.05, 4.69) is 4.74 Å². The van der Waals surface area contributed by atoms with Gasteiger partial charge in [-0.1, -0.05) is 23.7 Å². The number of hydrogen-bond acceptors (Lipinski definition) is 3. The van der Waals surface area contributed by atoms with Crippen LogP contribution in [0.5, 0.6) is 0 Å². The highest BCUT2D eigenvalue weighted by molar-refractivity contribution is 6.31. The van der Waals surface area contributed by atoms with E-state index in [1.54, 1.807) is 24.3 Å². The zero-order valence-corrected chi connectivity index (χ0v) is 10.5. The smallest absolute Gasteiger partial charge is 0.305 e. The van der Waals surface area contributed by atoms with Gasteiger partial charge in [-0.05, 0) is 25.0 Å². The number of esters is 1. The zero-order valence-electron chi connectivity index (χ0n) is 9.74. The van der Waals surface area contributed by atoms with E-state index in [9.17, 15) is 9.59 Å². The number of unbranched alkanes of at least 4 members (excludes halogenated alkanes) is 1. The number of benzene rings is 1. The summed E-state index contributed by atoms with van der Waals surface area (Å²) in [4.78, 5) is 22.6. The Bertz CT molecular complexity index is 401. The van der Waals surface area contributed by atoms with Crippen LogP contribution in [-0.2, 0) is 9.53 Å². The van der Waals surface area contributed by atoms with E-state index in [4.69, 9.17) is 11.6 Å². The van der Waals surface area contributed by atoms with E-state index in [1.807, 2.05) is 0 Å². The molecule has 0 aromatic heterocycles. The molecule has 0 bridgehead atoms. The fourth-order valence-electron chi connectivity index (χ4n) is 1.46. The number of rotatable bonds is 6.